The van der Waals surface area contributed by atoms with Crippen LogP contribution in [0.4, 0.5) is 4.79 Å². The predicted molar refractivity (Wildman–Crippen MR) is 97.2 cm³/mol. The van der Waals surface area contributed by atoms with E-state index in [4.69, 9.17) is 21.7 Å². The Kier molecular flexibility index (Phi) is 9.25. The largest absolute Gasteiger partial charge is 0.460 e. The van der Waals surface area contributed by atoms with E-state index in [1.165, 1.54) is 0 Å². The minimum atomic E-state index is -0.929. The average Bonchev–Trinajstić information content (AvgIpc) is 2.38. The van der Waals surface area contributed by atoms with Gasteiger partial charge in [0.25, 0.3) is 5.09 Å². The standard InChI is InChI=1S/C15H27N3O7S/c1-14(2,3)24-11(19)9-10(17-13(20)25-15(4,5)6)12(26)16-7-8-23-18(21)22/h10H,7-9H2,1-6H3,(H,16,26)(H,17,20)/t10-/m1/s1. The zero-order chi connectivity index (χ0) is 20.5. The van der Waals surface area contributed by atoms with Crippen LogP contribution in [0.3, 0.4) is 0 Å². The van der Waals surface area contributed by atoms with Gasteiger partial charge in [0, 0.05) is 6.54 Å². The number of nitrogens with zero attached hydrogens (tertiary/aromatic N) is 1. The number of nitrogens with one attached hydrogen (secondary N) is 2. The summed E-state index contributed by atoms with van der Waals surface area (Å²) in [7, 11) is 0. The van der Waals surface area contributed by atoms with Gasteiger partial charge in [-0.15, -0.1) is 10.1 Å². The molecule has 0 saturated heterocycles. The Labute approximate surface area is 158 Å². The van der Waals surface area contributed by atoms with Crippen LogP contribution in [0.25, 0.3) is 0 Å². The molecule has 0 saturated carbocycles. The van der Waals surface area contributed by atoms with E-state index in [1.54, 1.807) is 41.5 Å². The Morgan fingerprint density at radius 1 is 1.12 bits per heavy atom. The van der Waals surface area contributed by atoms with E-state index in [-0.39, 0.29) is 24.6 Å². The van der Waals surface area contributed by atoms with Gasteiger partial charge in [0.15, 0.2) is 0 Å². The van der Waals surface area contributed by atoms with Crippen molar-refractivity contribution in [1.29, 1.82) is 0 Å². The molecule has 0 aliphatic carbocycles. The molecular formula is C15H27N3O7S. The van der Waals surface area contributed by atoms with E-state index < -0.39 is 34.4 Å². The van der Waals surface area contributed by atoms with Gasteiger partial charge < -0.3 is 24.9 Å². The van der Waals surface area contributed by atoms with Crippen molar-refractivity contribution in [3.05, 3.63) is 10.1 Å². The second-order valence-electron chi connectivity index (χ2n) is 7.34. The lowest BCUT2D eigenvalue weighted by Crippen LogP contribution is -2.49. The van der Waals surface area contributed by atoms with E-state index in [0.717, 1.165) is 0 Å². The molecule has 0 bridgehead atoms. The first-order valence-corrected chi connectivity index (χ1v) is 8.37. The lowest BCUT2D eigenvalue weighted by atomic mass is 10.1. The van der Waals surface area contributed by atoms with Crippen LogP contribution in [0.1, 0.15) is 48.0 Å². The number of hydrogen-bond donors (Lipinski definition) is 2. The zero-order valence-electron chi connectivity index (χ0n) is 15.9. The number of carbonyl (C=O) groups excluding carboxylic acids is 2. The Morgan fingerprint density at radius 3 is 2.12 bits per heavy atom. The fourth-order valence-electron chi connectivity index (χ4n) is 1.63. The number of amides is 1. The van der Waals surface area contributed by atoms with E-state index >= 15 is 0 Å². The first-order valence-electron chi connectivity index (χ1n) is 7.96. The topological polar surface area (TPSA) is 129 Å². The molecule has 0 aromatic heterocycles. The molecule has 1 amide bonds. The molecule has 150 valence electrons. The highest BCUT2D eigenvalue weighted by Crippen LogP contribution is 2.11. The third kappa shape index (κ3) is 13.2. The molecule has 0 aliphatic heterocycles. The van der Waals surface area contributed by atoms with E-state index in [9.17, 15) is 19.7 Å². The van der Waals surface area contributed by atoms with Gasteiger partial charge in [-0.1, -0.05) is 12.2 Å². The van der Waals surface area contributed by atoms with Crippen molar-refractivity contribution < 1.29 is 29.0 Å². The molecule has 1 atom stereocenters. The van der Waals surface area contributed by atoms with Crippen LogP contribution in [0.2, 0.25) is 0 Å². The Balaban J connectivity index is 4.86. The van der Waals surface area contributed by atoms with E-state index in [2.05, 4.69) is 15.5 Å². The molecule has 0 heterocycles. The van der Waals surface area contributed by atoms with Crippen LogP contribution in [0.5, 0.6) is 0 Å². The third-order valence-corrected chi connectivity index (χ3v) is 2.83. The van der Waals surface area contributed by atoms with Crippen molar-refractivity contribution in [2.75, 3.05) is 13.2 Å². The maximum Gasteiger partial charge on any atom is 0.408 e. The van der Waals surface area contributed by atoms with Crippen molar-refractivity contribution in [2.24, 2.45) is 0 Å². The normalized spacial score (nSPS) is 12.5. The molecule has 0 fully saturated rings. The van der Waals surface area contributed by atoms with Gasteiger partial charge in [0.1, 0.15) is 17.8 Å². The minimum Gasteiger partial charge on any atom is -0.460 e. The predicted octanol–water partition coefficient (Wildman–Crippen LogP) is 1.74. The van der Waals surface area contributed by atoms with Crippen LogP contribution in [-0.4, -0.2) is 52.5 Å². The quantitative estimate of drug-likeness (QED) is 0.208. The number of alkyl carbamates (subject to hydrolysis) is 1. The lowest BCUT2D eigenvalue weighted by Gasteiger charge is -2.25. The molecule has 0 aromatic carbocycles. The summed E-state index contributed by atoms with van der Waals surface area (Å²) < 4.78 is 10.4. The second-order valence-corrected chi connectivity index (χ2v) is 7.78. The first-order chi connectivity index (χ1) is 11.7. The van der Waals surface area contributed by atoms with E-state index in [1.807, 2.05) is 0 Å². The summed E-state index contributed by atoms with van der Waals surface area (Å²) >= 11 is 5.16. The van der Waals surface area contributed by atoms with Gasteiger partial charge in [-0.05, 0) is 41.5 Å². The SMILES string of the molecule is CC(C)(C)OC(=O)C[C@@H](NC(=O)OC(C)(C)C)C(=S)NCCO[N+](=O)[O-]. The summed E-state index contributed by atoms with van der Waals surface area (Å²) in [5.74, 6) is -0.566. The minimum absolute atomic E-state index is 0.0284. The van der Waals surface area contributed by atoms with Crippen molar-refractivity contribution in [2.45, 2.75) is 65.2 Å². The summed E-state index contributed by atoms with van der Waals surface area (Å²) in [6.45, 7) is 10.0. The van der Waals surface area contributed by atoms with Crippen LogP contribution in [0.15, 0.2) is 0 Å². The summed E-state index contributed by atoms with van der Waals surface area (Å²) in [6.07, 6.45) is -0.977. The van der Waals surface area contributed by atoms with Crippen molar-refractivity contribution >= 4 is 29.3 Å². The molecule has 26 heavy (non-hydrogen) atoms. The molecule has 0 aliphatic rings. The van der Waals surface area contributed by atoms with Crippen molar-refractivity contribution in [3.8, 4) is 0 Å². The smallest absolute Gasteiger partial charge is 0.408 e. The summed E-state index contributed by atoms with van der Waals surface area (Å²) in [5.41, 5.74) is -1.42. The number of esters is 1. The molecule has 0 unspecified atom stereocenters. The third-order valence-electron chi connectivity index (χ3n) is 2.40. The van der Waals surface area contributed by atoms with Gasteiger partial charge in [-0.25, -0.2) is 4.79 Å². The lowest BCUT2D eigenvalue weighted by molar-refractivity contribution is -0.757. The zero-order valence-corrected chi connectivity index (χ0v) is 16.7. The number of thiocarbonyl (C=S) groups is 1. The van der Waals surface area contributed by atoms with Gasteiger partial charge >= 0.3 is 12.1 Å². The summed E-state index contributed by atoms with van der Waals surface area (Å²) in [5, 5.41) is 14.4. The fourth-order valence-corrected chi connectivity index (χ4v) is 1.87. The van der Waals surface area contributed by atoms with Crippen LogP contribution < -0.4 is 10.6 Å². The van der Waals surface area contributed by atoms with Gasteiger partial charge in [0.05, 0.1) is 17.5 Å². The number of carbonyl (C=O) groups is 2. The molecule has 0 rings (SSSR count). The van der Waals surface area contributed by atoms with Gasteiger partial charge in [0.2, 0.25) is 0 Å². The second kappa shape index (κ2) is 10.1. The van der Waals surface area contributed by atoms with Crippen LogP contribution >= 0.6 is 12.2 Å². The number of ether oxygens (including phenoxy) is 2. The van der Waals surface area contributed by atoms with Crippen molar-refractivity contribution in [1.82, 2.24) is 10.6 Å². The number of hydrogen-bond acceptors (Lipinski definition) is 8. The highest BCUT2D eigenvalue weighted by molar-refractivity contribution is 7.80. The molecule has 2 N–H and O–H groups in total. The van der Waals surface area contributed by atoms with Crippen LogP contribution in [-0.2, 0) is 19.1 Å². The fraction of sp³-hybridized carbons (Fsp3) is 0.800. The highest BCUT2D eigenvalue weighted by atomic mass is 32.1. The van der Waals surface area contributed by atoms with Gasteiger partial charge in [-0.3, -0.25) is 4.79 Å². The van der Waals surface area contributed by atoms with Gasteiger partial charge in [-0.2, -0.15) is 0 Å². The maximum atomic E-state index is 12.0. The Morgan fingerprint density at radius 2 is 1.65 bits per heavy atom. The monoisotopic (exact) mass is 393 g/mol. The molecule has 10 nitrogen and oxygen atoms in total. The first kappa shape index (κ1) is 23.8. The Bertz CT molecular complexity index is 496. The average molecular weight is 393 g/mol. The van der Waals surface area contributed by atoms with Crippen LogP contribution in [0, 0.1) is 10.1 Å². The van der Waals surface area contributed by atoms with Crippen molar-refractivity contribution in [3.63, 3.8) is 0 Å². The maximum absolute atomic E-state index is 12.0. The molecule has 11 heteroatoms. The molecular weight excluding hydrogens is 366 g/mol. The molecule has 0 radical (unpaired) electrons. The highest BCUT2D eigenvalue weighted by Gasteiger charge is 2.26. The van der Waals surface area contributed by atoms with E-state index in [0.29, 0.717) is 0 Å². The molecule has 0 spiro atoms. The summed E-state index contributed by atoms with van der Waals surface area (Å²) in [4.78, 5) is 38.4. The Hall–Kier alpha value is -2.17. The number of rotatable bonds is 8. The summed E-state index contributed by atoms with van der Waals surface area (Å²) in [6, 6.07) is -0.898. The molecule has 0 aromatic rings.